The minimum Gasteiger partial charge on any atom is -0.493 e. The van der Waals surface area contributed by atoms with Gasteiger partial charge in [0.15, 0.2) is 0 Å². The second-order valence-electron chi connectivity index (χ2n) is 4.43. The van der Waals surface area contributed by atoms with Gasteiger partial charge in [0, 0.05) is 17.1 Å². The summed E-state index contributed by atoms with van der Waals surface area (Å²) in [6.45, 7) is 1.33. The van der Waals surface area contributed by atoms with Gasteiger partial charge in [0.25, 0.3) is 0 Å². The van der Waals surface area contributed by atoms with Gasteiger partial charge in [0.05, 0.1) is 6.61 Å². The SMILES string of the molecule is NC/C=C/c1cc(Cl)ccc1OCC1CCC1. The van der Waals surface area contributed by atoms with Crippen molar-refractivity contribution in [1.29, 1.82) is 0 Å². The third kappa shape index (κ3) is 3.48. The van der Waals surface area contributed by atoms with Gasteiger partial charge in [-0.15, -0.1) is 0 Å². The summed E-state index contributed by atoms with van der Waals surface area (Å²) in [4.78, 5) is 0. The van der Waals surface area contributed by atoms with Crippen molar-refractivity contribution >= 4 is 17.7 Å². The second-order valence-corrected chi connectivity index (χ2v) is 4.86. The zero-order valence-corrected chi connectivity index (χ0v) is 10.6. The summed E-state index contributed by atoms with van der Waals surface area (Å²) in [7, 11) is 0. The topological polar surface area (TPSA) is 35.2 Å². The number of halogens is 1. The van der Waals surface area contributed by atoms with Crippen molar-refractivity contribution in [3.05, 3.63) is 34.9 Å². The first-order valence-electron chi connectivity index (χ1n) is 6.08. The third-order valence-electron chi connectivity index (χ3n) is 3.10. The molecule has 0 radical (unpaired) electrons. The molecule has 0 saturated heterocycles. The molecule has 0 heterocycles. The highest BCUT2D eigenvalue weighted by molar-refractivity contribution is 6.30. The lowest BCUT2D eigenvalue weighted by Crippen LogP contribution is -2.19. The van der Waals surface area contributed by atoms with E-state index in [1.165, 1.54) is 19.3 Å². The summed E-state index contributed by atoms with van der Waals surface area (Å²) >= 11 is 5.98. The number of rotatable bonds is 5. The van der Waals surface area contributed by atoms with Crippen LogP contribution in [0.4, 0.5) is 0 Å². The number of nitrogens with two attached hydrogens (primary N) is 1. The van der Waals surface area contributed by atoms with Crippen molar-refractivity contribution in [1.82, 2.24) is 0 Å². The summed E-state index contributed by atoms with van der Waals surface area (Å²) in [6, 6.07) is 5.69. The van der Waals surface area contributed by atoms with E-state index in [1.807, 2.05) is 30.4 Å². The predicted octanol–water partition coefficient (Wildman–Crippen LogP) is 3.49. The molecule has 0 spiro atoms. The van der Waals surface area contributed by atoms with Crippen LogP contribution in [0, 0.1) is 5.92 Å². The van der Waals surface area contributed by atoms with Crippen LogP contribution in [0.3, 0.4) is 0 Å². The van der Waals surface area contributed by atoms with Crippen molar-refractivity contribution in [3.8, 4) is 5.75 Å². The molecule has 1 aromatic carbocycles. The molecule has 1 saturated carbocycles. The Balaban J connectivity index is 2.04. The Morgan fingerprint density at radius 1 is 1.41 bits per heavy atom. The van der Waals surface area contributed by atoms with Crippen LogP contribution in [-0.2, 0) is 0 Å². The largest absolute Gasteiger partial charge is 0.493 e. The van der Waals surface area contributed by atoms with Gasteiger partial charge in [-0.1, -0.05) is 30.2 Å². The molecule has 0 aromatic heterocycles. The maximum Gasteiger partial charge on any atom is 0.126 e. The Morgan fingerprint density at radius 2 is 2.24 bits per heavy atom. The van der Waals surface area contributed by atoms with Crippen molar-refractivity contribution < 1.29 is 4.74 Å². The number of hydrogen-bond donors (Lipinski definition) is 1. The van der Waals surface area contributed by atoms with Crippen LogP contribution in [0.15, 0.2) is 24.3 Å². The van der Waals surface area contributed by atoms with Crippen LogP contribution in [0.1, 0.15) is 24.8 Å². The highest BCUT2D eigenvalue weighted by Gasteiger charge is 2.18. The minimum absolute atomic E-state index is 0.522. The van der Waals surface area contributed by atoms with E-state index >= 15 is 0 Å². The minimum atomic E-state index is 0.522. The fraction of sp³-hybridized carbons (Fsp3) is 0.429. The molecular weight excluding hydrogens is 234 g/mol. The van der Waals surface area contributed by atoms with Gasteiger partial charge in [-0.05, 0) is 37.0 Å². The fourth-order valence-corrected chi connectivity index (χ4v) is 2.02. The van der Waals surface area contributed by atoms with Gasteiger partial charge < -0.3 is 10.5 Å². The second kappa shape index (κ2) is 6.08. The molecule has 3 heteroatoms. The molecular formula is C14H18ClNO. The van der Waals surface area contributed by atoms with Gasteiger partial charge in [-0.2, -0.15) is 0 Å². The predicted molar refractivity (Wildman–Crippen MR) is 72.4 cm³/mol. The number of ether oxygens (including phenoxy) is 1. The molecule has 2 N–H and O–H groups in total. The molecule has 17 heavy (non-hydrogen) atoms. The van der Waals surface area contributed by atoms with E-state index in [0.29, 0.717) is 6.54 Å². The van der Waals surface area contributed by atoms with Crippen LogP contribution in [0.25, 0.3) is 6.08 Å². The van der Waals surface area contributed by atoms with Gasteiger partial charge in [-0.3, -0.25) is 0 Å². The molecule has 1 aliphatic rings. The summed E-state index contributed by atoms with van der Waals surface area (Å²) in [5, 5.41) is 0.720. The molecule has 1 fully saturated rings. The third-order valence-corrected chi connectivity index (χ3v) is 3.34. The average molecular weight is 252 g/mol. The first kappa shape index (κ1) is 12.5. The van der Waals surface area contributed by atoms with E-state index in [2.05, 4.69) is 0 Å². The van der Waals surface area contributed by atoms with Crippen LogP contribution in [0.2, 0.25) is 5.02 Å². The molecule has 0 aliphatic heterocycles. The van der Waals surface area contributed by atoms with Crippen molar-refractivity contribution in [3.63, 3.8) is 0 Å². The lowest BCUT2D eigenvalue weighted by atomic mass is 9.86. The monoisotopic (exact) mass is 251 g/mol. The highest BCUT2D eigenvalue weighted by Crippen LogP contribution is 2.29. The normalized spacial score (nSPS) is 16.1. The Labute approximate surface area is 107 Å². The van der Waals surface area contributed by atoms with Crippen LogP contribution >= 0.6 is 11.6 Å². The number of hydrogen-bond acceptors (Lipinski definition) is 2. The molecule has 2 nitrogen and oxygen atoms in total. The summed E-state index contributed by atoms with van der Waals surface area (Å²) < 4.78 is 5.84. The van der Waals surface area contributed by atoms with E-state index in [1.54, 1.807) is 0 Å². The number of benzene rings is 1. The van der Waals surface area contributed by atoms with Gasteiger partial charge in [0.2, 0.25) is 0 Å². The Bertz CT molecular complexity index is 399. The van der Waals surface area contributed by atoms with E-state index in [-0.39, 0.29) is 0 Å². The zero-order chi connectivity index (χ0) is 12.1. The Kier molecular flexibility index (Phi) is 4.46. The molecule has 0 unspecified atom stereocenters. The van der Waals surface area contributed by atoms with Crippen molar-refractivity contribution in [2.75, 3.05) is 13.2 Å². The van der Waals surface area contributed by atoms with Crippen molar-refractivity contribution in [2.24, 2.45) is 11.7 Å². The summed E-state index contributed by atoms with van der Waals surface area (Å²) in [5.74, 6) is 1.63. The van der Waals surface area contributed by atoms with Gasteiger partial charge in [0.1, 0.15) is 5.75 Å². The maximum atomic E-state index is 5.98. The van der Waals surface area contributed by atoms with Gasteiger partial charge in [-0.25, -0.2) is 0 Å². The molecule has 0 bridgehead atoms. The Morgan fingerprint density at radius 3 is 2.88 bits per heavy atom. The molecule has 1 aromatic rings. The van der Waals surface area contributed by atoms with E-state index in [4.69, 9.17) is 22.1 Å². The lowest BCUT2D eigenvalue weighted by molar-refractivity contribution is 0.180. The standard InChI is InChI=1S/C14H18ClNO/c15-13-6-7-14(12(9-13)5-2-8-16)17-10-11-3-1-4-11/h2,5-7,9,11H,1,3-4,8,10,16H2/b5-2+. The molecule has 92 valence electrons. The fourth-order valence-electron chi connectivity index (χ4n) is 1.84. The molecule has 2 rings (SSSR count). The van der Waals surface area contributed by atoms with Crippen molar-refractivity contribution in [2.45, 2.75) is 19.3 Å². The molecule has 0 amide bonds. The first-order chi connectivity index (χ1) is 8.29. The Hall–Kier alpha value is -0.990. The average Bonchev–Trinajstić information content (AvgIpc) is 2.26. The smallest absolute Gasteiger partial charge is 0.126 e. The lowest BCUT2D eigenvalue weighted by Gasteiger charge is -2.25. The van der Waals surface area contributed by atoms with E-state index < -0.39 is 0 Å². The molecule has 0 atom stereocenters. The van der Waals surface area contributed by atoms with Gasteiger partial charge >= 0.3 is 0 Å². The maximum absolute atomic E-state index is 5.98. The van der Waals surface area contributed by atoms with Crippen LogP contribution in [-0.4, -0.2) is 13.2 Å². The summed E-state index contributed by atoms with van der Waals surface area (Å²) in [6.07, 6.45) is 7.79. The van der Waals surface area contributed by atoms with E-state index in [9.17, 15) is 0 Å². The van der Waals surface area contributed by atoms with Crippen LogP contribution < -0.4 is 10.5 Å². The highest BCUT2D eigenvalue weighted by atomic mass is 35.5. The summed E-state index contributed by atoms with van der Waals surface area (Å²) in [5.41, 5.74) is 6.46. The molecule has 1 aliphatic carbocycles. The quantitative estimate of drug-likeness (QED) is 0.870. The van der Waals surface area contributed by atoms with Crippen LogP contribution in [0.5, 0.6) is 5.75 Å². The first-order valence-corrected chi connectivity index (χ1v) is 6.46. The zero-order valence-electron chi connectivity index (χ0n) is 9.86. The van der Waals surface area contributed by atoms with E-state index in [0.717, 1.165) is 28.9 Å².